The zero-order valence-electron chi connectivity index (χ0n) is 13.4. The van der Waals surface area contributed by atoms with Gasteiger partial charge < -0.3 is 10.1 Å². The highest BCUT2D eigenvalue weighted by molar-refractivity contribution is 5.67. The summed E-state index contributed by atoms with van der Waals surface area (Å²) in [5.74, 6) is 0.598. The summed E-state index contributed by atoms with van der Waals surface area (Å²) in [5, 5.41) is 9.04. The van der Waals surface area contributed by atoms with E-state index in [1.54, 1.807) is 20.8 Å². The summed E-state index contributed by atoms with van der Waals surface area (Å²) >= 11 is 0. The number of carbonyl (C=O) groups excluding carboxylic acids is 1. The van der Waals surface area contributed by atoms with Crippen molar-refractivity contribution in [3.63, 3.8) is 0 Å². The van der Waals surface area contributed by atoms with Crippen LogP contribution < -0.4 is 5.32 Å². The largest absolute Gasteiger partial charge is 0.444 e. The molecular formula is C15H17F3N4O2. The monoisotopic (exact) mass is 342 g/mol. The molecule has 1 amide bonds. The molecule has 0 saturated carbocycles. The first kappa shape index (κ1) is 17.8. The van der Waals surface area contributed by atoms with E-state index in [9.17, 15) is 18.0 Å². The van der Waals surface area contributed by atoms with E-state index >= 15 is 0 Å². The molecule has 0 radical (unpaired) electrons. The standard InChI is InChI=1S/C15H17F3N4O2/c1-14(2,3)24-13(23)19-8-11-20-12(22-21-11)9-4-6-10(7-5-9)15(16,17)18/h4-7H,8H2,1-3H3,(H,19,23)(H,20,21,22). The number of aromatic nitrogens is 3. The van der Waals surface area contributed by atoms with E-state index in [2.05, 4.69) is 20.5 Å². The number of benzene rings is 1. The highest BCUT2D eigenvalue weighted by Gasteiger charge is 2.30. The zero-order chi connectivity index (χ0) is 18.0. The first-order chi connectivity index (χ1) is 11.0. The van der Waals surface area contributed by atoms with Gasteiger partial charge in [0.25, 0.3) is 0 Å². The number of ether oxygens (including phenoxy) is 1. The molecule has 2 aromatic rings. The predicted molar refractivity (Wildman–Crippen MR) is 79.9 cm³/mol. The highest BCUT2D eigenvalue weighted by atomic mass is 19.4. The maximum Gasteiger partial charge on any atom is 0.416 e. The summed E-state index contributed by atoms with van der Waals surface area (Å²) < 4.78 is 42.7. The van der Waals surface area contributed by atoms with E-state index in [0.29, 0.717) is 11.4 Å². The van der Waals surface area contributed by atoms with Gasteiger partial charge in [-0.1, -0.05) is 12.1 Å². The van der Waals surface area contributed by atoms with Gasteiger partial charge in [0.15, 0.2) is 5.82 Å². The van der Waals surface area contributed by atoms with Crippen molar-refractivity contribution < 1.29 is 22.7 Å². The molecule has 9 heteroatoms. The second-order valence-electron chi connectivity index (χ2n) is 6.04. The maximum absolute atomic E-state index is 12.5. The maximum atomic E-state index is 12.5. The van der Waals surface area contributed by atoms with Gasteiger partial charge in [0.2, 0.25) is 0 Å². The van der Waals surface area contributed by atoms with E-state index in [0.717, 1.165) is 12.1 Å². The number of amides is 1. The minimum absolute atomic E-state index is 0.0581. The molecule has 0 spiro atoms. The number of nitrogens with zero attached hydrogens (tertiary/aromatic N) is 2. The number of carbonyl (C=O) groups is 1. The van der Waals surface area contributed by atoms with Crippen LogP contribution in [0.1, 0.15) is 32.2 Å². The third-order valence-electron chi connectivity index (χ3n) is 2.80. The predicted octanol–water partition coefficient (Wildman–Crippen LogP) is 3.52. The summed E-state index contributed by atoms with van der Waals surface area (Å²) in [6.45, 7) is 5.28. The van der Waals surface area contributed by atoms with Crippen molar-refractivity contribution in [3.8, 4) is 11.4 Å². The minimum Gasteiger partial charge on any atom is -0.444 e. The Morgan fingerprint density at radius 1 is 1.21 bits per heavy atom. The third-order valence-corrected chi connectivity index (χ3v) is 2.80. The number of hydrogen-bond acceptors (Lipinski definition) is 4. The van der Waals surface area contributed by atoms with E-state index in [1.807, 2.05) is 0 Å². The quantitative estimate of drug-likeness (QED) is 0.894. The zero-order valence-corrected chi connectivity index (χ0v) is 13.4. The fraction of sp³-hybridized carbons (Fsp3) is 0.400. The fourth-order valence-corrected chi connectivity index (χ4v) is 1.78. The number of alkyl halides is 3. The lowest BCUT2D eigenvalue weighted by Crippen LogP contribution is -2.32. The number of alkyl carbamates (subject to hydrolysis) is 1. The lowest BCUT2D eigenvalue weighted by molar-refractivity contribution is -0.137. The first-order valence-electron chi connectivity index (χ1n) is 7.10. The molecule has 0 saturated heterocycles. The smallest absolute Gasteiger partial charge is 0.416 e. The summed E-state index contributed by atoms with van der Waals surface area (Å²) in [4.78, 5) is 15.7. The number of hydrogen-bond donors (Lipinski definition) is 2. The molecule has 0 aliphatic carbocycles. The van der Waals surface area contributed by atoms with E-state index in [-0.39, 0.29) is 12.4 Å². The Morgan fingerprint density at radius 3 is 2.38 bits per heavy atom. The van der Waals surface area contributed by atoms with Gasteiger partial charge in [-0.15, -0.1) is 0 Å². The second kappa shape index (κ2) is 6.50. The van der Waals surface area contributed by atoms with Crippen molar-refractivity contribution in [1.82, 2.24) is 20.5 Å². The average molecular weight is 342 g/mol. The van der Waals surface area contributed by atoms with Crippen LogP contribution in [0.25, 0.3) is 11.4 Å². The SMILES string of the molecule is CC(C)(C)OC(=O)NCc1nc(-c2ccc(C(F)(F)F)cc2)n[nH]1. The van der Waals surface area contributed by atoms with Gasteiger partial charge in [-0.25, -0.2) is 9.78 Å². The normalized spacial score (nSPS) is 12.1. The van der Waals surface area contributed by atoms with Gasteiger partial charge in [-0.3, -0.25) is 5.10 Å². The molecule has 1 aromatic carbocycles. The van der Waals surface area contributed by atoms with Crippen LogP contribution in [-0.2, 0) is 17.5 Å². The van der Waals surface area contributed by atoms with Gasteiger partial charge in [0.05, 0.1) is 12.1 Å². The Morgan fingerprint density at radius 2 is 1.83 bits per heavy atom. The van der Waals surface area contributed by atoms with Crippen molar-refractivity contribution in [2.24, 2.45) is 0 Å². The summed E-state index contributed by atoms with van der Waals surface area (Å²) in [7, 11) is 0. The topological polar surface area (TPSA) is 79.9 Å². The molecule has 0 aliphatic heterocycles. The molecule has 130 valence electrons. The molecule has 0 aliphatic rings. The van der Waals surface area contributed by atoms with Crippen molar-refractivity contribution in [2.75, 3.05) is 0 Å². The molecular weight excluding hydrogens is 325 g/mol. The Balaban J connectivity index is 1.99. The summed E-state index contributed by atoms with van der Waals surface area (Å²) in [6, 6.07) is 4.50. The van der Waals surface area contributed by atoms with Crippen LogP contribution in [0.4, 0.5) is 18.0 Å². The summed E-state index contributed by atoms with van der Waals surface area (Å²) in [6.07, 6.45) is -4.99. The van der Waals surface area contributed by atoms with Gasteiger partial charge in [-0.05, 0) is 32.9 Å². The van der Waals surface area contributed by atoms with Gasteiger partial charge in [0.1, 0.15) is 11.4 Å². The number of H-pyrrole nitrogens is 1. The number of aromatic amines is 1. The first-order valence-corrected chi connectivity index (χ1v) is 7.10. The van der Waals surface area contributed by atoms with Crippen LogP contribution >= 0.6 is 0 Å². The Bertz CT molecular complexity index is 703. The minimum atomic E-state index is -4.39. The van der Waals surface area contributed by atoms with E-state index in [1.165, 1.54) is 12.1 Å². The molecule has 1 aromatic heterocycles. The van der Waals surface area contributed by atoms with Crippen molar-refractivity contribution in [1.29, 1.82) is 0 Å². The van der Waals surface area contributed by atoms with Gasteiger partial charge in [-0.2, -0.15) is 18.3 Å². The lowest BCUT2D eigenvalue weighted by Gasteiger charge is -2.19. The Kier molecular flexibility index (Phi) is 4.81. The van der Waals surface area contributed by atoms with Crippen LogP contribution in [0, 0.1) is 0 Å². The molecule has 0 unspecified atom stereocenters. The molecule has 0 bridgehead atoms. The van der Waals surface area contributed by atoms with Crippen LogP contribution in [0.5, 0.6) is 0 Å². The number of nitrogens with one attached hydrogen (secondary N) is 2. The lowest BCUT2D eigenvalue weighted by atomic mass is 10.1. The van der Waals surface area contributed by atoms with Gasteiger partial charge in [0, 0.05) is 5.56 Å². The molecule has 0 fully saturated rings. The molecule has 2 N–H and O–H groups in total. The molecule has 6 nitrogen and oxygen atoms in total. The summed E-state index contributed by atoms with van der Waals surface area (Å²) in [5.41, 5.74) is -0.923. The molecule has 0 atom stereocenters. The molecule has 2 rings (SSSR count). The fourth-order valence-electron chi connectivity index (χ4n) is 1.78. The third kappa shape index (κ3) is 4.97. The van der Waals surface area contributed by atoms with Crippen molar-refractivity contribution >= 4 is 6.09 Å². The Labute approximate surface area is 136 Å². The molecule has 1 heterocycles. The molecule has 24 heavy (non-hydrogen) atoms. The second-order valence-corrected chi connectivity index (χ2v) is 6.04. The average Bonchev–Trinajstić information content (AvgIpc) is 2.91. The van der Waals surface area contributed by atoms with Crippen LogP contribution in [0.2, 0.25) is 0 Å². The van der Waals surface area contributed by atoms with Crippen LogP contribution in [0.3, 0.4) is 0 Å². The van der Waals surface area contributed by atoms with Crippen molar-refractivity contribution in [2.45, 2.75) is 39.1 Å². The Hall–Kier alpha value is -2.58. The highest BCUT2D eigenvalue weighted by Crippen LogP contribution is 2.30. The number of halogens is 3. The van der Waals surface area contributed by atoms with Crippen LogP contribution in [-0.4, -0.2) is 26.9 Å². The number of rotatable bonds is 3. The van der Waals surface area contributed by atoms with Crippen molar-refractivity contribution in [3.05, 3.63) is 35.7 Å². The van der Waals surface area contributed by atoms with E-state index < -0.39 is 23.4 Å². The van der Waals surface area contributed by atoms with E-state index in [4.69, 9.17) is 4.74 Å². The van der Waals surface area contributed by atoms with Gasteiger partial charge >= 0.3 is 12.3 Å². The van der Waals surface area contributed by atoms with Crippen LogP contribution in [0.15, 0.2) is 24.3 Å².